The normalized spacial score (nSPS) is 12.2. The van der Waals surface area contributed by atoms with E-state index in [4.69, 9.17) is 16.6 Å². The molecule has 0 fully saturated rings. The number of imidazole rings is 1. The fraction of sp³-hybridized carbons (Fsp3) is 0.333. The van der Waals surface area contributed by atoms with Crippen LogP contribution in [0.4, 0.5) is 5.69 Å². The van der Waals surface area contributed by atoms with Gasteiger partial charge in [-0.05, 0) is 81.2 Å². The number of nitrogens with zero attached hydrogens (tertiary/aromatic N) is 3. The molecule has 0 aliphatic carbocycles. The van der Waals surface area contributed by atoms with Gasteiger partial charge in [-0.15, -0.1) is 0 Å². The molecule has 0 bridgehead atoms. The zero-order chi connectivity index (χ0) is 26.2. The third-order valence-electron chi connectivity index (χ3n) is 6.30. The molecule has 194 valence electrons. The summed E-state index contributed by atoms with van der Waals surface area (Å²) in [6.07, 6.45) is 3.40. The molecule has 37 heavy (non-hydrogen) atoms. The van der Waals surface area contributed by atoms with Crippen molar-refractivity contribution in [1.29, 1.82) is 0 Å². The minimum atomic E-state index is -0.366. The molecule has 7 heteroatoms. The van der Waals surface area contributed by atoms with E-state index in [-0.39, 0.29) is 11.2 Å². The van der Waals surface area contributed by atoms with Crippen molar-refractivity contribution in [3.63, 3.8) is 0 Å². The minimum absolute atomic E-state index is 0.115. The Morgan fingerprint density at radius 1 is 0.973 bits per heavy atom. The van der Waals surface area contributed by atoms with Crippen molar-refractivity contribution < 1.29 is 4.79 Å². The van der Waals surface area contributed by atoms with E-state index in [2.05, 4.69) is 59.0 Å². The van der Waals surface area contributed by atoms with Crippen LogP contribution in [0.15, 0.2) is 78.0 Å². The van der Waals surface area contributed by atoms with Crippen LogP contribution < -0.4 is 5.32 Å². The van der Waals surface area contributed by atoms with Crippen molar-refractivity contribution in [2.45, 2.75) is 50.4 Å². The average Bonchev–Trinajstić information content (AvgIpc) is 3.27. The number of halogens is 1. The molecular weight excluding hydrogens is 500 g/mol. The SMILES string of the molecule is CCCN(CCC)CCc1ccc(-n2c(SC(C)C(=O)Nc3ccccc3Cl)nc3ccccc32)cc1. The molecule has 5 nitrogen and oxygen atoms in total. The zero-order valence-corrected chi connectivity index (χ0v) is 23.4. The third-order valence-corrected chi connectivity index (χ3v) is 7.69. The van der Waals surface area contributed by atoms with Crippen molar-refractivity contribution in [3.05, 3.63) is 83.4 Å². The van der Waals surface area contributed by atoms with E-state index >= 15 is 0 Å². The Balaban J connectivity index is 1.53. The molecule has 1 aromatic heterocycles. The van der Waals surface area contributed by atoms with Crippen LogP contribution in [0.1, 0.15) is 39.2 Å². The lowest BCUT2D eigenvalue weighted by molar-refractivity contribution is -0.115. The van der Waals surface area contributed by atoms with Gasteiger partial charge in [0.25, 0.3) is 0 Å². The van der Waals surface area contributed by atoms with Gasteiger partial charge in [0.15, 0.2) is 5.16 Å². The van der Waals surface area contributed by atoms with Crippen LogP contribution in [0.25, 0.3) is 16.7 Å². The highest BCUT2D eigenvalue weighted by atomic mass is 35.5. The van der Waals surface area contributed by atoms with Crippen molar-refractivity contribution in [3.8, 4) is 5.69 Å². The molecule has 0 aliphatic rings. The number of benzene rings is 3. The van der Waals surface area contributed by atoms with Gasteiger partial charge in [-0.2, -0.15) is 0 Å². The standard InChI is InChI=1S/C30H35ClN4OS/c1-4-19-34(20-5-2)21-18-23-14-16-24(17-15-23)35-28-13-9-8-12-27(28)33-30(35)37-22(3)29(36)32-26-11-7-6-10-25(26)31/h6-17,22H,4-5,18-21H2,1-3H3,(H,32,36). The second-order valence-corrected chi connectivity index (χ2v) is 10.9. The Kier molecular flexibility index (Phi) is 9.67. The Morgan fingerprint density at radius 2 is 1.65 bits per heavy atom. The molecule has 1 unspecified atom stereocenters. The van der Waals surface area contributed by atoms with Gasteiger partial charge in [0.1, 0.15) is 0 Å². The number of fused-ring (bicyclic) bond motifs is 1. The highest BCUT2D eigenvalue weighted by Gasteiger charge is 2.21. The summed E-state index contributed by atoms with van der Waals surface area (Å²) in [5.41, 5.74) is 4.91. The van der Waals surface area contributed by atoms with E-state index in [1.54, 1.807) is 12.1 Å². The van der Waals surface area contributed by atoms with Crippen LogP contribution in [0.5, 0.6) is 0 Å². The van der Waals surface area contributed by atoms with Gasteiger partial charge in [0.2, 0.25) is 5.91 Å². The molecule has 1 amide bonds. The summed E-state index contributed by atoms with van der Waals surface area (Å²) in [7, 11) is 0. The first kappa shape index (κ1) is 27.2. The average molecular weight is 535 g/mol. The number of para-hydroxylation sites is 3. The number of amides is 1. The summed E-state index contributed by atoms with van der Waals surface area (Å²) >= 11 is 7.68. The van der Waals surface area contributed by atoms with Gasteiger partial charge in [-0.1, -0.05) is 73.6 Å². The summed E-state index contributed by atoms with van der Waals surface area (Å²) in [5, 5.41) is 3.88. The molecule has 1 heterocycles. The van der Waals surface area contributed by atoms with E-state index in [1.807, 2.05) is 37.3 Å². The summed E-state index contributed by atoms with van der Waals surface area (Å²) in [6.45, 7) is 9.75. The maximum Gasteiger partial charge on any atom is 0.237 e. The predicted molar refractivity (Wildman–Crippen MR) is 157 cm³/mol. The molecule has 4 rings (SSSR count). The van der Waals surface area contributed by atoms with Crippen LogP contribution in [0.3, 0.4) is 0 Å². The van der Waals surface area contributed by atoms with Crippen molar-refractivity contribution in [2.75, 3.05) is 25.0 Å². The lowest BCUT2D eigenvalue weighted by atomic mass is 10.1. The fourth-order valence-electron chi connectivity index (χ4n) is 4.41. The van der Waals surface area contributed by atoms with E-state index in [0.717, 1.165) is 47.9 Å². The first-order chi connectivity index (χ1) is 18.0. The van der Waals surface area contributed by atoms with Crippen LogP contribution >= 0.6 is 23.4 Å². The maximum absolute atomic E-state index is 13.0. The fourth-order valence-corrected chi connectivity index (χ4v) is 5.53. The van der Waals surface area contributed by atoms with Gasteiger partial charge < -0.3 is 10.2 Å². The number of carbonyl (C=O) groups excluding carboxylic acids is 1. The van der Waals surface area contributed by atoms with Gasteiger partial charge in [0, 0.05) is 12.2 Å². The van der Waals surface area contributed by atoms with Gasteiger partial charge in [0.05, 0.1) is 27.0 Å². The maximum atomic E-state index is 13.0. The van der Waals surface area contributed by atoms with Crippen molar-refractivity contribution in [2.24, 2.45) is 0 Å². The second-order valence-electron chi connectivity index (χ2n) is 9.21. The summed E-state index contributed by atoms with van der Waals surface area (Å²) in [4.78, 5) is 20.4. The Morgan fingerprint density at radius 3 is 2.35 bits per heavy atom. The molecular formula is C30H35ClN4OS. The monoisotopic (exact) mass is 534 g/mol. The first-order valence-corrected chi connectivity index (χ1v) is 14.3. The molecule has 0 saturated carbocycles. The minimum Gasteiger partial charge on any atom is -0.324 e. The number of nitrogens with one attached hydrogen (secondary N) is 1. The molecule has 1 N–H and O–H groups in total. The highest BCUT2D eigenvalue weighted by Crippen LogP contribution is 2.31. The molecule has 0 saturated heterocycles. The number of aromatic nitrogens is 2. The molecule has 0 aliphatic heterocycles. The molecule has 0 spiro atoms. The Hall–Kier alpha value is -2.80. The highest BCUT2D eigenvalue weighted by molar-refractivity contribution is 8.00. The van der Waals surface area contributed by atoms with Crippen LogP contribution in [-0.4, -0.2) is 45.2 Å². The zero-order valence-electron chi connectivity index (χ0n) is 21.8. The van der Waals surface area contributed by atoms with E-state index < -0.39 is 0 Å². The number of carbonyl (C=O) groups is 1. The number of rotatable bonds is 12. The van der Waals surface area contributed by atoms with Crippen LogP contribution in [0.2, 0.25) is 5.02 Å². The summed E-state index contributed by atoms with van der Waals surface area (Å²) < 4.78 is 2.14. The molecule has 0 radical (unpaired) electrons. The van der Waals surface area contributed by atoms with Gasteiger partial charge in [-0.25, -0.2) is 4.98 Å². The summed E-state index contributed by atoms with van der Waals surface area (Å²) in [5.74, 6) is -0.115. The number of anilines is 1. The van der Waals surface area contributed by atoms with E-state index in [0.29, 0.717) is 10.7 Å². The topological polar surface area (TPSA) is 50.2 Å². The Bertz CT molecular complexity index is 1310. The molecule has 3 aromatic carbocycles. The lowest BCUT2D eigenvalue weighted by Gasteiger charge is -2.21. The van der Waals surface area contributed by atoms with Gasteiger partial charge >= 0.3 is 0 Å². The Labute approximate surface area is 229 Å². The quantitative estimate of drug-likeness (QED) is 0.192. The number of thioether (sulfide) groups is 1. The predicted octanol–water partition coefficient (Wildman–Crippen LogP) is 7.46. The van der Waals surface area contributed by atoms with Crippen LogP contribution in [-0.2, 0) is 11.2 Å². The largest absolute Gasteiger partial charge is 0.324 e. The second kappa shape index (κ2) is 13.1. The third kappa shape index (κ3) is 6.95. The molecule has 4 aromatic rings. The number of hydrogen-bond donors (Lipinski definition) is 1. The summed E-state index contributed by atoms with van der Waals surface area (Å²) in [6, 6.07) is 24.1. The van der Waals surface area contributed by atoms with E-state index in [1.165, 1.54) is 30.2 Å². The van der Waals surface area contributed by atoms with Crippen molar-refractivity contribution in [1.82, 2.24) is 14.5 Å². The molecule has 1 atom stereocenters. The van der Waals surface area contributed by atoms with Gasteiger partial charge in [-0.3, -0.25) is 9.36 Å². The van der Waals surface area contributed by atoms with E-state index in [9.17, 15) is 4.79 Å². The number of hydrogen-bond acceptors (Lipinski definition) is 4. The van der Waals surface area contributed by atoms with Crippen molar-refractivity contribution >= 4 is 46.0 Å². The first-order valence-electron chi connectivity index (χ1n) is 13.0. The lowest BCUT2D eigenvalue weighted by Crippen LogP contribution is -2.27. The van der Waals surface area contributed by atoms with Crippen LogP contribution in [0, 0.1) is 0 Å². The smallest absolute Gasteiger partial charge is 0.237 e.